The van der Waals surface area contributed by atoms with Crippen molar-refractivity contribution in [2.24, 2.45) is 0 Å². The first-order chi connectivity index (χ1) is 12.0. The van der Waals surface area contributed by atoms with Crippen molar-refractivity contribution in [3.8, 4) is 17.2 Å². The number of fused-ring (bicyclic) bond motifs is 1. The molecule has 1 aromatic carbocycles. The van der Waals surface area contributed by atoms with Crippen molar-refractivity contribution in [1.29, 1.82) is 0 Å². The Bertz CT molecular complexity index is 839. The molecule has 1 atom stereocenters. The number of rotatable bonds is 4. The van der Waals surface area contributed by atoms with Gasteiger partial charge in [-0.3, -0.25) is 9.59 Å². The molecule has 2 N–H and O–H groups in total. The van der Waals surface area contributed by atoms with Crippen molar-refractivity contribution < 1.29 is 23.8 Å². The number of nitrogens with zero attached hydrogens (tertiary/aromatic N) is 1. The number of aromatic nitrogens is 1. The van der Waals surface area contributed by atoms with Crippen molar-refractivity contribution in [2.45, 2.75) is 12.5 Å². The lowest BCUT2D eigenvalue weighted by Gasteiger charge is -2.32. The second kappa shape index (κ2) is 6.31. The molecule has 0 spiro atoms. The van der Waals surface area contributed by atoms with Crippen LogP contribution in [0.25, 0.3) is 0 Å². The van der Waals surface area contributed by atoms with Crippen molar-refractivity contribution in [2.75, 3.05) is 24.9 Å². The van der Waals surface area contributed by atoms with Crippen molar-refractivity contribution in [3.05, 3.63) is 36.5 Å². The van der Waals surface area contributed by atoms with Gasteiger partial charge in [-0.05, 0) is 31.2 Å². The largest absolute Gasteiger partial charge is 0.497 e. The number of carbonyl (C=O) groups excluding carboxylic acids is 2. The number of methoxy groups -OCH3 is 2. The molecule has 130 valence electrons. The van der Waals surface area contributed by atoms with Gasteiger partial charge in [0.05, 0.1) is 19.9 Å². The topological polar surface area (TPSA) is 98.8 Å². The van der Waals surface area contributed by atoms with Gasteiger partial charge in [0.1, 0.15) is 11.5 Å². The molecule has 2 heterocycles. The third-order valence-corrected chi connectivity index (χ3v) is 3.84. The molecule has 1 aliphatic rings. The van der Waals surface area contributed by atoms with Gasteiger partial charge in [-0.1, -0.05) is 0 Å². The van der Waals surface area contributed by atoms with Crippen LogP contribution in [0.3, 0.4) is 0 Å². The minimum absolute atomic E-state index is 0.275. The summed E-state index contributed by atoms with van der Waals surface area (Å²) in [6, 6.07) is 8.22. The lowest BCUT2D eigenvalue weighted by molar-refractivity contribution is -0.143. The van der Waals surface area contributed by atoms with E-state index in [4.69, 9.17) is 14.2 Å². The SMILES string of the molecule is COc1ccc(OC)c(NC(=O)C2(C)Oc3cccnc3NC2=O)c1. The number of pyridine rings is 1. The van der Waals surface area contributed by atoms with Crippen LogP contribution in [0.15, 0.2) is 36.5 Å². The predicted molar refractivity (Wildman–Crippen MR) is 90.1 cm³/mol. The molecule has 8 nitrogen and oxygen atoms in total. The summed E-state index contributed by atoms with van der Waals surface area (Å²) >= 11 is 0. The molecular weight excluding hydrogens is 326 g/mol. The van der Waals surface area contributed by atoms with Crippen LogP contribution in [0.2, 0.25) is 0 Å². The second-order valence-corrected chi connectivity index (χ2v) is 5.46. The van der Waals surface area contributed by atoms with Crippen LogP contribution in [0.1, 0.15) is 6.92 Å². The highest BCUT2D eigenvalue weighted by atomic mass is 16.5. The van der Waals surface area contributed by atoms with Crippen LogP contribution >= 0.6 is 0 Å². The first-order valence-corrected chi connectivity index (χ1v) is 7.47. The highest BCUT2D eigenvalue weighted by Gasteiger charge is 2.47. The Morgan fingerprint density at radius 2 is 2.08 bits per heavy atom. The Morgan fingerprint density at radius 3 is 2.80 bits per heavy atom. The van der Waals surface area contributed by atoms with Gasteiger partial charge in [-0.25, -0.2) is 4.98 Å². The summed E-state index contributed by atoms with van der Waals surface area (Å²) in [6.45, 7) is 1.39. The van der Waals surface area contributed by atoms with Crippen LogP contribution in [-0.4, -0.2) is 36.6 Å². The minimum atomic E-state index is -1.76. The normalized spacial score (nSPS) is 18.4. The average molecular weight is 343 g/mol. The molecule has 0 fully saturated rings. The predicted octanol–water partition coefficient (Wildman–Crippen LogP) is 1.83. The van der Waals surface area contributed by atoms with Gasteiger partial charge in [0.25, 0.3) is 17.4 Å². The second-order valence-electron chi connectivity index (χ2n) is 5.46. The molecule has 1 unspecified atom stereocenters. The van der Waals surface area contributed by atoms with Crippen molar-refractivity contribution in [1.82, 2.24) is 4.98 Å². The molecule has 0 saturated carbocycles. The number of carbonyl (C=O) groups is 2. The van der Waals surface area contributed by atoms with Crippen LogP contribution in [0, 0.1) is 0 Å². The zero-order valence-electron chi connectivity index (χ0n) is 14.0. The van der Waals surface area contributed by atoms with Gasteiger partial charge in [0, 0.05) is 12.3 Å². The van der Waals surface area contributed by atoms with Crippen LogP contribution in [0.4, 0.5) is 11.5 Å². The van der Waals surface area contributed by atoms with Gasteiger partial charge in [0.2, 0.25) is 0 Å². The fraction of sp³-hybridized carbons (Fsp3) is 0.235. The number of benzene rings is 1. The molecule has 1 aliphatic heterocycles. The van der Waals surface area contributed by atoms with E-state index in [0.717, 1.165) is 0 Å². The Morgan fingerprint density at radius 1 is 1.28 bits per heavy atom. The molecule has 0 aliphatic carbocycles. The van der Waals surface area contributed by atoms with Crippen LogP contribution in [0.5, 0.6) is 17.2 Å². The van der Waals surface area contributed by atoms with E-state index in [9.17, 15) is 9.59 Å². The molecule has 25 heavy (non-hydrogen) atoms. The molecule has 1 aromatic heterocycles. The molecule has 0 saturated heterocycles. The summed E-state index contributed by atoms with van der Waals surface area (Å²) in [7, 11) is 2.99. The molecular formula is C17H17N3O5. The maximum atomic E-state index is 12.8. The highest BCUT2D eigenvalue weighted by molar-refractivity contribution is 6.18. The number of amides is 2. The van der Waals surface area contributed by atoms with E-state index in [-0.39, 0.29) is 5.82 Å². The third-order valence-electron chi connectivity index (χ3n) is 3.84. The Kier molecular flexibility index (Phi) is 4.18. The first kappa shape index (κ1) is 16.6. The van der Waals surface area contributed by atoms with E-state index >= 15 is 0 Å². The zero-order chi connectivity index (χ0) is 18.0. The summed E-state index contributed by atoms with van der Waals surface area (Å²) in [4.78, 5) is 29.2. The van der Waals surface area contributed by atoms with Crippen LogP contribution in [-0.2, 0) is 9.59 Å². The van der Waals surface area contributed by atoms with Gasteiger partial charge in [-0.15, -0.1) is 0 Å². The third kappa shape index (κ3) is 2.93. The summed E-state index contributed by atoms with van der Waals surface area (Å²) in [5.41, 5.74) is -1.40. The van der Waals surface area contributed by atoms with Gasteiger partial charge in [-0.2, -0.15) is 0 Å². The number of hydrogen-bond acceptors (Lipinski definition) is 6. The number of hydrogen-bond donors (Lipinski definition) is 2. The number of anilines is 2. The monoisotopic (exact) mass is 343 g/mol. The Balaban J connectivity index is 1.90. The van der Waals surface area contributed by atoms with Crippen molar-refractivity contribution in [3.63, 3.8) is 0 Å². The molecule has 0 bridgehead atoms. The van der Waals surface area contributed by atoms with E-state index in [1.54, 1.807) is 30.3 Å². The minimum Gasteiger partial charge on any atom is -0.497 e. The molecule has 2 amide bonds. The fourth-order valence-corrected chi connectivity index (χ4v) is 2.36. The van der Waals surface area contributed by atoms with Crippen LogP contribution < -0.4 is 24.8 Å². The molecule has 2 aromatic rings. The van der Waals surface area contributed by atoms with Crippen molar-refractivity contribution >= 4 is 23.3 Å². The standard InChI is InChI=1S/C17H17N3O5/c1-17(16(22)20-14-13(25-17)5-4-8-18-14)15(21)19-11-9-10(23-2)6-7-12(11)24-3/h4-9H,1-3H3,(H,19,21)(H,18,20,22). The Labute approximate surface area is 144 Å². The molecule has 8 heteroatoms. The van der Waals surface area contributed by atoms with E-state index in [2.05, 4.69) is 15.6 Å². The number of ether oxygens (including phenoxy) is 3. The van der Waals surface area contributed by atoms with Gasteiger partial charge in [0.15, 0.2) is 11.6 Å². The zero-order valence-corrected chi connectivity index (χ0v) is 14.0. The smallest absolute Gasteiger partial charge is 0.279 e. The summed E-state index contributed by atoms with van der Waals surface area (Å²) in [6.07, 6.45) is 1.52. The summed E-state index contributed by atoms with van der Waals surface area (Å²) in [5.74, 6) is 0.291. The maximum absolute atomic E-state index is 12.8. The van der Waals surface area contributed by atoms with E-state index < -0.39 is 17.4 Å². The summed E-state index contributed by atoms with van der Waals surface area (Å²) < 4.78 is 16.0. The highest BCUT2D eigenvalue weighted by Crippen LogP contribution is 2.34. The van der Waals surface area contributed by atoms with E-state index in [1.165, 1.54) is 27.3 Å². The quantitative estimate of drug-likeness (QED) is 0.822. The lowest BCUT2D eigenvalue weighted by atomic mass is 10.0. The number of nitrogens with one attached hydrogen (secondary N) is 2. The summed E-state index contributed by atoms with van der Waals surface area (Å²) in [5, 5.41) is 5.23. The lowest BCUT2D eigenvalue weighted by Crippen LogP contribution is -2.56. The van der Waals surface area contributed by atoms with E-state index in [0.29, 0.717) is 22.9 Å². The molecule has 3 rings (SSSR count). The fourth-order valence-electron chi connectivity index (χ4n) is 2.36. The van der Waals surface area contributed by atoms with Gasteiger partial charge < -0.3 is 24.8 Å². The van der Waals surface area contributed by atoms with E-state index in [1.807, 2.05) is 0 Å². The Hall–Kier alpha value is -3.29. The maximum Gasteiger partial charge on any atom is 0.279 e. The van der Waals surface area contributed by atoms with Gasteiger partial charge >= 0.3 is 0 Å². The molecule has 0 radical (unpaired) electrons. The average Bonchev–Trinajstić information content (AvgIpc) is 2.62. The first-order valence-electron chi connectivity index (χ1n) is 7.47.